The molecular formula is C21H15N5O4. The quantitative estimate of drug-likeness (QED) is 0.476. The number of aryl methyl sites for hydroxylation is 1. The predicted octanol–water partition coefficient (Wildman–Crippen LogP) is 1.52. The van der Waals surface area contributed by atoms with Gasteiger partial charge in [0.05, 0.1) is 22.4 Å². The number of nitrogens with zero attached hydrogens (tertiary/aromatic N) is 5. The molecule has 0 amide bonds. The second-order valence-corrected chi connectivity index (χ2v) is 6.49. The summed E-state index contributed by atoms with van der Waals surface area (Å²) < 4.78 is 7.60. The van der Waals surface area contributed by atoms with Crippen LogP contribution < -0.4 is 11.1 Å². The van der Waals surface area contributed by atoms with Crippen molar-refractivity contribution in [3.05, 3.63) is 80.8 Å². The van der Waals surface area contributed by atoms with Crippen LogP contribution >= 0.6 is 0 Å². The van der Waals surface area contributed by atoms with Gasteiger partial charge >= 0.3 is 5.97 Å². The van der Waals surface area contributed by atoms with Crippen LogP contribution in [0.1, 0.15) is 16.3 Å². The molecule has 0 aliphatic rings. The van der Waals surface area contributed by atoms with E-state index in [9.17, 15) is 14.4 Å². The Morgan fingerprint density at radius 2 is 1.70 bits per heavy atom. The monoisotopic (exact) mass is 401 g/mol. The van der Waals surface area contributed by atoms with Crippen molar-refractivity contribution in [1.29, 1.82) is 5.26 Å². The van der Waals surface area contributed by atoms with Crippen LogP contribution in [0.15, 0.2) is 58.1 Å². The summed E-state index contributed by atoms with van der Waals surface area (Å²) in [6.45, 7) is -0.565. The molecular weight excluding hydrogens is 386 g/mol. The molecule has 2 aromatic carbocycles. The first kappa shape index (κ1) is 19.0. The van der Waals surface area contributed by atoms with Crippen LogP contribution in [0.4, 0.5) is 0 Å². The standard InChI is InChI=1S/C21H15N5O4/c1-25-19(27)14-7-3-2-6-13(14)18(24-25)21(29)30-12-17-23-16-9-5-4-8-15(16)20(28)26(17)11-10-22/h2-9H,11-12H2,1H3. The van der Waals surface area contributed by atoms with E-state index in [2.05, 4.69) is 10.1 Å². The molecule has 0 radical (unpaired) electrons. The summed E-state index contributed by atoms with van der Waals surface area (Å²) in [6, 6.07) is 15.2. The maximum absolute atomic E-state index is 12.7. The van der Waals surface area contributed by atoms with Gasteiger partial charge in [-0.1, -0.05) is 30.3 Å². The fourth-order valence-corrected chi connectivity index (χ4v) is 3.21. The molecule has 4 aromatic rings. The summed E-state index contributed by atoms with van der Waals surface area (Å²) in [4.78, 5) is 42.0. The molecule has 0 fully saturated rings. The van der Waals surface area contributed by atoms with Crippen molar-refractivity contribution in [2.24, 2.45) is 7.05 Å². The van der Waals surface area contributed by atoms with Crippen LogP contribution in [0, 0.1) is 11.3 Å². The average Bonchev–Trinajstić information content (AvgIpc) is 2.77. The Bertz CT molecular complexity index is 1460. The molecule has 9 heteroatoms. The number of aromatic nitrogens is 4. The third kappa shape index (κ3) is 3.20. The minimum absolute atomic E-state index is 0.0253. The van der Waals surface area contributed by atoms with Crippen molar-refractivity contribution in [3.63, 3.8) is 0 Å². The van der Waals surface area contributed by atoms with E-state index < -0.39 is 5.97 Å². The second-order valence-electron chi connectivity index (χ2n) is 6.49. The molecule has 0 saturated heterocycles. The Morgan fingerprint density at radius 3 is 2.43 bits per heavy atom. The fraction of sp³-hybridized carbons (Fsp3) is 0.143. The van der Waals surface area contributed by atoms with E-state index >= 15 is 0 Å². The zero-order chi connectivity index (χ0) is 21.3. The highest BCUT2D eigenvalue weighted by Crippen LogP contribution is 2.15. The van der Waals surface area contributed by atoms with E-state index in [1.165, 1.54) is 11.6 Å². The summed E-state index contributed by atoms with van der Waals surface area (Å²) in [7, 11) is 1.45. The molecule has 148 valence electrons. The van der Waals surface area contributed by atoms with Gasteiger partial charge in [-0.05, 0) is 18.2 Å². The van der Waals surface area contributed by atoms with Gasteiger partial charge in [0.25, 0.3) is 11.1 Å². The molecule has 0 bridgehead atoms. The highest BCUT2D eigenvalue weighted by atomic mass is 16.5. The number of para-hydroxylation sites is 1. The molecule has 30 heavy (non-hydrogen) atoms. The van der Waals surface area contributed by atoms with Crippen molar-refractivity contribution in [2.75, 3.05) is 0 Å². The van der Waals surface area contributed by atoms with Gasteiger partial charge in [0.1, 0.15) is 13.2 Å². The minimum atomic E-state index is -0.771. The average molecular weight is 401 g/mol. The molecule has 0 aliphatic heterocycles. The number of rotatable bonds is 4. The van der Waals surface area contributed by atoms with Crippen molar-refractivity contribution < 1.29 is 9.53 Å². The van der Waals surface area contributed by atoms with Gasteiger partial charge < -0.3 is 4.74 Å². The number of hydrogen-bond acceptors (Lipinski definition) is 7. The van der Waals surface area contributed by atoms with Crippen LogP contribution in [0.5, 0.6) is 0 Å². The summed E-state index contributed by atoms with van der Waals surface area (Å²) in [5.41, 5.74) is -0.309. The normalized spacial score (nSPS) is 10.8. The van der Waals surface area contributed by atoms with Crippen molar-refractivity contribution in [1.82, 2.24) is 19.3 Å². The first-order valence-corrected chi connectivity index (χ1v) is 9.00. The van der Waals surface area contributed by atoms with Gasteiger partial charge in [0.15, 0.2) is 11.5 Å². The summed E-state index contributed by atoms with van der Waals surface area (Å²) in [6.07, 6.45) is 0. The van der Waals surface area contributed by atoms with Crippen molar-refractivity contribution >= 4 is 27.6 Å². The Balaban J connectivity index is 1.73. The maximum atomic E-state index is 12.7. The van der Waals surface area contributed by atoms with E-state index in [1.54, 1.807) is 48.5 Å². The van der Waals surface area contributed by atoms with Crippen LogP contribution in [0.25, 0.3) is 21.7 Å². The number of carbonyl (C=O) groups is 1. The van der Waals surface area contributed by atoms with E-state index in [4.69, 9.17) is 10.00 Å². The van der Waals surface area contributed by atoms with Crippen molar-refractivity contribution in [3.8, 4) is 6.07 Å². The lowest BCUT2D eigenvalue weighted by Gasteiger charge is -2.12. The number of carbonyl (C=O) groups excluding carboxylic acids is 1. The predicted molar refractivity (Wildman–Crippen MR) is 108 cm³/mol. The van der Waals surface area contributed by atoms with Crippen LogP contribution in [-0.4, -0.2) is 25.3 Å². The molecule has 0 spiro atoms. The Labute approximate surface area is 169 Å². The zero-order valence-electron chi connectivity index (χ0n) is 15.9. The van der Waals surface area contributed by atoms with Gasteiger partial charge in [-0.25, -0.2) is 14.5 Å². The molecule has 2 heterocycles. The Kier molecular flexibility index (Phi) is 4.82. The first-order valence-electron chi connectivity index (χ1n) is 9.00. The number of esters is 1. The third-order valence-electron chi connectivity index (χ3n) is 4.65. The Morgan fingerprint density at radius 1 is 1.03 bits per heavy atom. The summed E-state index contributed by atoms with van der Waals surface area (Å²) in [5, 5.41) is 14.2. The molecule has 0 unspecified atom stereocenters. The number of nitriles is 1. The van der Waals surface area contributed by atoms with Gasteiger partial charge in [-0.3, -0.25) is 14.2 Å². The first-order chi connectivity index (χ1) is 14.5. The highest BCUT2D eigenvalue weighted by Gasteiger charge is 2.19. The van der Waals surface area contributed by atoms with E-state index in [0.29, 0.717) is 21.7 Å². The summed E-state index contributed by atoms with van der Waals surface area (Å²) >= 11 is 0. The molecule has 2 aromatic heterocycles. The van der Waals surface area contributed by atoms with Crippen molar-refractivity contribution in [2.45, 2.75) is 13.2 Å². The topological polar surface area (TPSA) is 120 Å². The van der Waals surface area contributed by atoms with Gasteiger partial charge in [0, 0.05) is 12.4 Å². The lowest BCUT2D eigenvalue weighted by Crippen LogP contribution is -2.27. The van der Waals surface area contributed by atoms with Crippen LogP contribution in [-0.2, 0) is 24.9 Å². The lowest BCUT2D eigenvalue weighted by molar-refractivity contribution is 0.0450. The molecule has 0 saturated carbocycles. The fourth-order valence-electron chi connectivity index (χ4n) is 3.21. The number of benzene rings is 2. The largest absolute Gasteiger partial charge is 0.453 e. The van der Waals surface area contributed by atoms with Gasteiger partial charge in [-0.2, -0.15) is 10.4 Å². The number of hydrogen-bond donors (Lipinski definition) is 0. The van der Waals surface area contributed by atoms with Gasteiger partial charge in [-0.15, -0.1) is 0 Å². The molecule has 0 aliphatic carbocycles. The second kappa shape index (κ2) is 7.60. The number of fused-ring (bicyclic) bond motifs is 2. The Hall–Kier alpha value is -4.32. The SMILES string of the molecule is Cn1nc(C(=O)OCc2nc3ccccc3c(=O)n2CC#N)c2ccccc2c1=O. The number of ether oxygens (including phenoxy) is 1. The molecule has 9 nitrogen and oxygen atoms in total. The molecule has 0 atom stereocenters. The van der Waals surface area contributed by atoms with Crippen LogP contribution in [0.2, 0.25) is 0 Å². The lowest BCUT2D eigenvalue weighted by atomic mass is 10.1. The van der Waals surface area contributed by atoms with Gasteiger partial charge in [0.2, 0.25) is 0 Å². The zero-order valence-corrected chi connectivity index (χ0v) is 15.9. The highest BCUT2D eigenvalue weighted by molar-refractivity contribution is 6.02. The maximum Gasteiger partial charge on any atom is 0.359 e. The smallest absolute Gasteiger partial charge is 0.359 e. The minimum Gasteiger partial charge on any atom is -0.453 e. The van der Waals surface area contributed by atoms with E-state index in [-0.39, 0.29) is 35.8 Å². The molecule has 4 rings (SSSR count). The van der Waals surface area contributed by atoms with E-state index in [0.717, 1.165) is 4.68 Å². The molecule has 0 N–H and O–H groups in total. The third-order valence-corrected chi connectivity index (χ3v) is 4.65. The summed E-state index contributed by atoms with van der Waals surface area (Å²) in [5.74, 6) is -0.629. The van der Waals surface area contributed by atoms with Crippen LogP contribution in [0.3, 0.4) is 0 Å². The van der Waals surface area contributed by atoms with E-state index in [1.807, 2.05) is 6.07 Å².